The summed E-state index contributed by atoms with van der Waals surface area (Å²) in [6, 6.07) is 2.48. The van der Waals surface area contributed by atoms with Gasteiger partial charge in [-0.15, -0.1) is 0 Å². The molecule has 106 valence electrons. The minimum absolute atomic E-state index is 0.0331. The first-order valence-electron chi connectivity index (χ1n) is 6.06. The highest BCUT2D eigenvalue weighted by Gasteiger charge is 2.26. The van der Waals surface area contributed by atoms with E-state index in [0.717, 1.165) is 0 Å². The third-order valence-electron chi connectivity index (χ3n) is 3.08. The highest BCUT2D eigenvalue weighted by molar-refractivity contribution is 7.89. The second kappa shape index (κ2) is 5.44. The molecule has 0 amide bonds. The fourth-order valence-electron chi connectivity index (χ4n) is 2.02. The van der Waals surface area contributed by atoms with Crippen LogP contribution in [-0.4, -0.2) is 39.0 Å². The number of halogens is 1. The number of hydrogen-bond acceptors (Lipinski definition) is 4. The first kappa shape index (κ1) is 14.2. The van der Waals surface area contributed by atoms with Gasteiger partial charge in [-0.25, -0.2) is 12.8 Å². The molecule has 0 aliphatic carbocycles. The Bertz CT molecular complexity index is 543. The molecule has 0 unspecified atom stereocenters. The lowest BCUT2D eigenvalue weighted by Gasteiger charge is -2.20. The van der Waals surface area contributed by atoms with Crippen LogP contribution in [0.2, 0.25) is 0 Å². The molecular weight excluding hydrogens is 271 g/mol. The lowest BCUT2D eigenvalue weighted by Crippen LogP contribution is -2.33. The molecule has 0 atom stereocenters. The molecule has 1 fully saturated rings. The van der Waals surface area contributed by atoms with Crippen LogP contribution in [0.25, 0.3) is 0 Å². The van der Waals surface area contributed by atoms with Gasteiger partial charge in [-0.1, -0.05) is 0 Å². The van der Waals surface area contributed by atoms with Gasteiger partial charge >= 0.3 is 0 Å². The molecule has 7 heteroatoms. The first-order chi connectivity index (χ1) is 8.93. The fourth-order valence-corrected chi connectivity index (χ4v) is 3.61. The molecule has 2 N–H and O–H groups in total. The molecule has 19 heavy (non-hydrogen) atoms. The third-order valence-corrected chi connectivity index (χ3v) is 4.95. The average molecular weight is 288 g/mol. The van der Waals surface area contributed by atoms with E-state index < -0.39 is 15.8 Å². The largest absolute Gasteiger partial charge is 0.396 e. The van der Waals surface area contributed by atoms with Crippen LogP contribution in [0.5, 0.6) is 0 Å². The average Bonchev–Trinajstić information content (AvgIpc) is 2.64. The van der Waals surface area contributed by atoms with Crippen molar-refractivity contribution in [1.82, 2.24) is 4.31 Å². The van der Waals surface area contributed by atoms with E-state index in [1.165, 1.54) is 23.4 Å². The van der Waals surface area contributed by atoms with Gasteiger partial charge in [0.15, 0.2) is 0 Å². The summed E-state index contributed by atoms with van der Waals surface area (Å²) in [5, 5.41) is 0. The van der Waals surface area contributed by atoms with Crippen LogP contribution >= 0.6 is 0 Å². The van der Waals surface area contributed by atoms with Gasteiger partial charge in [0.25, 0.3) is 0 Å². The van der Waals surface area contributed by atoms with Crippen molar-refractivity contribution in [2.45, 2.75) is 18.2 Å². The van der Waals surface area contributed by atoms with Crippen LogP contribution in [0.15, 0.2) is 17.0 Å². The van der Waals surface area contributed by atoms with Crippen LogP contribution in [0, 0.1) is 12.7 Å². The molecule has 0 saturated carbocycles. The van der Waals surface area contributed by atoms with Gasteiger partial charge in [0, 0.05) is 19.7 Å². The summed E-state index contributed by atoms with van der Waals surface area (Å²) in [7, 11) is -3.64. The Morgan fingerprint density at radius 3 is 2.74 bits per heavy atom. The van der Waals surface area contributed by atoms with Gasteiger partial charge in [0.05, 0.1) is 17.2 Å². The summed E-state index contributed by atoms with van der Waals surface area (Å²) in [5.41, 5.74) is 5.57. The van der Waals surface area contributed by atoms with E-state index in [9.17, 15) is 12.8 Å². The van der Waals surface area contributed by atoms with Crippen molar-refractivity contribution >= 4 is 15.7 Å². The van der Waals surface area contributed by atoms with E-state index in [1.54, 1.807) is 0 Å². The maximum atomic E-state index is 13.5. The molecule has 1 aliphatic rings. The van der Waals surface area contributed by atoms with Crippen molar-refractivity contribution in [3.63, 3.8) is 0 Å². The summed E-state index contributed by atoms with van der Waals surface area (Å²) < 4.78 is 44.9. The lowest BCUT2D eigenvalue weighted by atomic mass is 10.2. The number of nitrogens with zero attached hydrogens (tertiary/aromatic N) is 1. The second-order valence-corrected chi connectivity index (χ2v) is 6.45. The smallest absolute Gasteiger partial charge is 0.243 e. The fraction of sp³-hybridized carbons (Fsp3) is 0.500. The van der Waals surface area contributed by atoms with Crippen LogP contribution < -0.4 is 5.73 Å². The number of nitrogen functional groups attached to an aromatic ring is 1. The molecule has 5 nitrogen and oxygen atoms in total. The Balaban J connectivity index is 2.38. The zero-order chi connectivity index (χ0) is 14.0. The van der Waals surface area contributed by atoms with Gasteiger partial charge in [-0.3, -0.25) is 0 Å². The summed E-state index contributed by atoms with van der Waals surface area (Å²) in [4.78, 5) is 0.0331. The van der Waals surface area contributed by atoms with E-state index >= 15 is 0 Å². The van der Waals surface area contributed by atoms with Crippen LogP contribution in [-0.2, 0) is 14.8 Å². The minimum Gasteiger partial charge on any atom is -0.396 e. The second-order valence-electron chi connectivity index (χ2n) is 4.51. The zero-order valence-corrected chi connectivity index (χ0v) is 11.5. The molecule has 0 radical (unpaired) electrons. The van der Waals surface area contributed by atoms with Crippen molar-refractivity contribution in [3.05, 3.63) is 23.5 Å². The van der Waals surface area contributed by atoms with Crippen molar-refractivity contribution in [3.8, 4) is 0 Å². The molecule has 0 aromatic heterocycles. The standard InChI is InChI=1S/C12H17FN2O3S/c1-9-7-10(8-11(14)12(9)13)19(16,17)15-3-2-5-18-6-4-15/h7-8H,2-6,14H2,1H3. The highest BCUT2D eigenvalue weighted by Crippen LogP contribution is 2.24. The van der Waals surface area contributed by atoms with Gasteiger partial charge in [0.1, 0.15) is 5.82 Å². The number of rotatable bonds is 2. The number of anilines is 1. The number of benzene rings is 1. The van der Waals surface area contributed by atoms with Gasteiger partial charge < -0.3 is 10.5 Å². The Morgan fingerprint density at radius 2 is 2.05 bits per heavy atom. The summed E-state index contributed by atoms with van der Waals surface area (Å²) in [6.07, 6.45) is 0.648. The Labute approximate surface area is 112 Å². The quantitative estimate of drug-likeness (QED) is 0.828. The Morgan fingerprint density at radius 1 is 1.32 bits per heavy atom. The van der Waals surface area contributed by atoms with Gasteiger partial charge in [-0.05, 0) is 31.0 Å². The van der Waals surface area contributed by atoms with Crippen LogP contribution in [0.4, 0.5) is 10.1 Å². The minimum atomic E-state index is -3.64. The molecule has 1 saturated heterocycles. The molecule has 0 bridgehead atoms. The topological polar surface area (TPSA) is 72.6 Å². The zero-order valence-electron chi connectivity index (χ0n) is 10.7. The number of sulfonamides is 1. The Kier molecular flexibility index (Phi) is 4.07. The number of hydrogen-bond donors (Lipinski definition) is 1. The predicted molar refractivity (Wildman–Crippen MR) is 69.7 cm³/mol. The van der Waals surface area contributed by atoms with Gasteiger partial charge in [0.2, 0.25) is 10.0 Å². The predicted octanol–water partition coefficient (Wildman–Crippen LogP) is 1.13. The molecule has 2 rings (SSSR count). The van der Waals surface area contributed by atoms with Crippen molar-refractivity contribution in [2.75, 3.05) is 32.0 Å². The number of nitrogens with two attached hydrogens (primary N) is 1. The van der Waals surface area contributed by atoms with Crippen molar-refractivity contribution < 1.29 is 17.5 Å². The van der Waals surface area contributed by atoms with E-state index in [4.69, 9.17) is 10.5 Å². The summed E-state index contributed by atoms with van der Waals surface area (Å²) in [5.74, 6) is -0.571. The molecule has 1 aromatic rings. The summed E-state index contributed by atoms with van der Waals surface area (Å²) in [6.45, 7) is 3.12. The van der Waals surface area contributed by atoms with Crippen molar-refractivity contribution in [1.29, 1.82) is 0 Å². The van der Waals surface area contributed by atoms with Crippen LogP contribution in [0.3, 0.4) is 0 Å². The van der Waals surface area contributed by atoms with Gasteiger partial charge in [-0.2, -0.15) is 4.31 Å². The number of aryl methyl sites for hydroxylation is 1. The first-order valence-corrected chi connectivity index (χ1v) is 7.50. The molecule has 1 heterocycles. The normalized spacial score (nSPS) is 18.2. The van der Waals surface area contributed by atoms with E-state index in [0.29, 0.717) is 32.7 Å². The molecule has 1 aromatic carbocycles. The van der Waals surface area contributed by atoms with Crippen LogP contribution in [0.1, 0.15) is 12.0 Å². The number of ether oxygens (including phenoxy) is 1. The monoisotopic (exact) mass is 288 g/mol. The maximum absolute atomic E-state index is 13.5. The third kappa shape index (κ3) is 2.88. The van der Waals surface area contributed by atoms with E-state index in [2.05, 4.69) is 0 Å². The molecular formula is C12H17FN2O3S. The maximum Gasteiger partial charge on any atom is 0.243 e. The molecule has 0 spiro atoms. The van der Waals surface area contributed by atoms with Crippen molar-refractivity contribution in [2.24, 2.45) is 0 Å². The molecule has 1 aliphatic heterocycles. The highest BCUT2D eigenvalue weighted by atomic mass is 32.2. The summed E-state index contributed by atoms with van der Waals surface area (Å²) >= 11 is 0. The Hall–Kier alpha value is -1.18. The lowest BCUT2D eigenvalue weighted by molar-refractivity contribution is 0.148. The SMILES string of the molecule is Cc1cc(S(=O)(=O)N2CCCOCC2)cc(N)c1F. The van der Waals surface area contributed by atoms with E-state index in [1.807, 2.05) is 0 Å². The van der Waals surface area contributed by atoms with E-state index in [-0.39, 0.29) is 16.1 Å².